The molecule has 23 heavy (non-hydrogen) atoms. The second-order valence-corrected chi connectivity index (χ2v) is 9.20. The van der Waals surface area contributed by atoms with E-state index in [1.807, 2.05) is 11.8 Å². The number of rotatable bonds is 3. The lowest BCUT2D eigenvalue weighted by molar-refractivity contribution is 0.253. The van der Waals surface area contributed by atoms with Gasteiger partial charge in [0.05, 0.1) is 10.4 Å². The van der Waals surface area contributed by atoms with Crippen molar-refractivity contribution in [3.8, 4) is 0 Å². The zero-order valence-electron chi connectivity index (χ0n) is 12.7. The maximum absolute atomic E-state index is 13.1. The number of oxazole rings is 1. The molecule has 124 valence electrons. The van der Waals surface area contributed by atoms with E-state index in [1.54, 1.807) is 4.31 Å². The lowest BCUT2D eigenvalue weighted by Gasteiger charge is -2.37. The van der Waals surface area contributed by atoms with E-state index in [-0.39, 0.29) is 17.0 Å². The minimum Gasteiger partial charge on any atom is -0.408 e. The Kier molecular flexibility index (Phi) is 3.58. The molecule has 6 nitrogen and oxygen atoms in total. The number of nitrogens with one attached hydrogen (secondary N) is 1. The Bertz CT molecular complexity index is 888. The number of fused-ring (bicyclic) bond motifs is 3. The van der Waals surface area contributed by atoms with E-state index >= 15 is 0 Å². The summed E-state index contributed by atoms with van der Waals surface area (Å²) in [7, 11) is -3.55. The van der Waals surface area contributed by atoms with Crippen LogP contribution in [0.1, 0.15) is 25.7 Å². The van der Waals surface area contributed by atoms with Gasteiger partial charge in [-0.25, -0.2) is 13.2 Å². The highest BCUT2D eigenvalue weighted by molar-refractivity contribution is 7.99. The van der Waals surface area contributed by atoms with Gasteiger partial charge in [0.25, 0.3) is 0 Å². The summed E-state index contributed by atoms with van der Waals surface area (Å²) in [5, 5.41) is 0.548. The number of benzene rings is 1. The third-order valence-corrected chi connectivity index (χ3v) is 7.97. The Hall–Kier alpha value is -1.25. The van der Waals surface area contributed by atoms with Crippen LogP contribution in [0.15, 0.2) is 32.3 Å². The second kappa shape index (κ2) is 5.39. The number of hydrogen-bond acceptors (Lipinski definition) is 5. The number of aromatic amines is 1. The van der Waals surface area contributed by atoms with Gasteiger partial charge >= 0.3 is 5.76 Å². The van der Waals surface area contributed by atoms with Gasteiger partial charge in [-0.3, -0.25) is 4.98 Å². The van der Waals surface area contributed by atoms with Gasteiger partial charge in [0.1, 0.15) is 0 Å². The molecule has 2 atom stereocenters. The standard InChI is InChI=1S/C15H18N2O4S2/c1-22-11-6-9-2-3-10(7-11)17(9)23(19,20)12-4-5-14-13(8-12)16-15(18)21-14/h4-5,8-11H,2-3,6-7H2,1H3,(H,16,18). The SMILES string of the molecule is CSC1CC2CCC(C1)N2S(=O)(=O)c1ccc2oc(=O)[nH]c2c1. The van der Waals surface area contributed by atoms with Gasteiger partial charge in [-0.1, -0.05) is 0 Å². The van der Waals surface area contributed by atoms with Crippen molar-refractivity contribution in [3.05, 3.63) is 28.7 Å². The highest BCUT2D eigenvalue weighted by Gasteiger charge is 2.47. The number of sulfonamides is 1. The molecule has 1 aromatic heterocycles. The molecule has 0 radical (unpaired) electrons. The topological polar surface area (TPSA) is 83.4 Å². The van der Waals surface area contributed by atoms with Crippen LogP contribution < -0.4 is 5.76 Å². The van der Waals surface area contributed by atoms with Crippen LogP contribution in [0.4, 0.5) is 0 Å². The molecular weight excluding hydrogens is 336 g/mol. The number of nitrogens with zero attached hydrogens (tertiary/aromatic N) is 1. The van der Waals surface area contributed by atoms with Crippen LogP contribution in [0.25, 0.3) is 11.1 Å². The average Bonchev–Trinajstić information content (AvgIpc) is 3.03. The summed E-state index contributed by atoms with van der Waals surface area (Å²) in [6, 6.07) is 4.74. The summed E-state index contributed by atoms with van der Waals surface area (Å²) in [5.41, 5.74) is 0.792. The number of H-pyrrole nitrogens is 1. The van der Waals surface area contributed by atoms with Crippen molar-refractivity contribution in [1.82, 2.24) is 9.29 Å². The van der Waals surface area contributed by atoms with E-state index in [4.69, 9.17) is 4.42 Å². The van der Waals surface area contributed by atoms with Gasteiger partial charge in [-0.15, -0.1) is 0 Å². The van der Waals surface area contributed by atoms with Crippen molar-refractivity contribution >= 4 is 32.9 Å². The van der Waals surface area contributed by atoms with Crippen molar-refractivity contribution < 1.29 is 12.8 Å². The monoisotopic (exact) mass is 354 g/mol. The Labute approximate surface area is 138 Å². The van der Waals surface area contributed by atoms with Crippen molar-refractivity contribution in [2.45, 2.75) is 47.9 Å². The molecule has 1 aromatic carbocycles. The van der Waals surface area contributed by atoms with Crippen LogP contribution in [0.5, 0.6) is 0 Å². The van der Waals surface area contributed by atoms with Gasteiger partial charge in [0.2, 0.25) is 10.0 Å². The van der Waals surface area contributed by atoms with Crippen molar-refractivity contribution in [1.29, 1.82) is 0 Å². The first-order valence-electron chi connectivity index (χ1n) is 7.68. The van der Waals surface area contributed by atoms with Crippen LogP contribution in [0, 0.1) is 0 Å². The molecule has 0 amide bonds. The van der Waals surface area contributed by atoms with Crippen molar-refractivity contribution in [2.75, 3.05) is 6.26 Å². The molecule has 3 heterocycles. The van der Waals surface area contributed by atoms with Crippen LogP contribution in [-0.4, -0.2) is 41.3 Å². The lowest BCUT2D eigenvalue weighted by atomic mass is 10.1. The van der Waals surface area contributed by atoms with Crippen molar-refractivity contribution in [2.24, 2.45) is 0 Å². The lowest BCUT2D eigenvalue weighted by Crippen LogP contribution is -2.47. The van der Waals surface area contributed by atoms with E-state index in [2.05, 4.69) is 11.2 Å². The molecule has 0 saturated carbocycles. The third kappa shape index (κ3) is 2.43. The molecule has 1 N–H and O–H groups in total. The van der Waals surface area contributed by atoms with Crippen LogP contribution in [-0.2, 0) is 10.0 Å². The minimum absolute atomic E-state index is 0.0929. The number of aromatic nitrogens is 1. The van der Waals surface area contributed by atoms with E-state index in [9.17, 15) is 13.2 Å². The van der Waals surface area contributed by atoms with Crippen molar-refractivity contribution in [3.63, 3.8) is 0 Å². The maximum Gasteiger partial charge on any atom is 0.417 e. The predicted octanol–water partition coefficient (Wildman–Crippen LogP) is 2.17. The fraction of sp³-hybridized carbons (Fsp3) is 0.533. The Morgan fingerprint density at radius 3 is 2.61 bits per heavy atom. The summed E-state index contributed by atoms with van der Waals surface area (Å²) < 4.78 is 32.8. The zero-order valence-corrected chi connectivity index (χ0v) is 14.3. The first kappa shape index (κ1) is 15.3. The number of piperidine rings is 1. The van der Waals surface area contributed by atoms with Gasteiger partial charge in [0, 0.05) is 17.3 Å². The molecular formula is C15H18N2O4S2. The van der Waals surface area contributed by atoms with Gasteiger partial charge in [-0.05, 0) is 50.1 Å². The van der Waals surface area contributed by atoms with Crippen LogP contribution in [0.2, 0.25) is 0 Å². The van der Waals surface area contributed by atoms with E-state index in [0.717, 1.165) is 25.7 Å². The largest absolute Gasteiger partial charge is 0.417 e. The highest BCUT2D eigenvalue weighted by atomic mass is 32.2. The Morgan fingerprint density at radius 2 is 1.96 bits per heavy atom. The quantitative estimate of drug-likeness (QED) is 0.913. The van der Waals surface area contributed by atoms with E-state index < -0.39 is 15.8 Å². The Balaban J connectivity index is 1.73. The summed E-state index contributed by atoms with van der Waals surface area (Å²) in [5.74, 6) is -0.574. The average molecular weight is 354 g/mol. The van der Waals surface area contributed by atoms with Gasteiger partial charge in [-0.2, -0.15) is 16.1 Å². The maximum atomic E-state index is 13.1. The minimum atomic E-state index is -3.55. The first-order valence-corrected chi connectivity index (χ1v) is 10.4. The van der Waals surface area contributed by atoms with E-state index in [0.29, 0.717) is 16.3 Å². The molecule has 0 aliphatic carbocycles. The highest BCUT2D eigenvalue weighted by Crippen LogP contribution is 2.42. The molecule has 2 bridgehead atoms. The first-order chi connectivity index (χ1) is 11.0. The summed E-state index contributed by atoms with van der Waals surface area (Å²) in [4.78, 5) is 14.0. The Morgan fingerprint density at radius 1 is 1.26 bits per heavy atom. The summed E-state index contributed by atoms with van der Waals surface area (Å²) >= 11 is 1.83. The normalized spacial score (nSPS) is 28.5. The van der Waals surface area contributed by atoms with E-state index in [1.165, 1.54) is 18.2 Å². The fourth-order valence-corrected chi connectivity index (χ4v) is 6.63. The van der Waals surface area contributed by atoms with Crippen LogP contribution >= 0.6 is 11.8 Å². The molecule has 2 aliphatic rings. The number of hydrogen-bond donors (Lipinski definition) is 1. The van der Waals surface area contributed by atoms with Crippen LogP contribution in [0.3, 0.4) is 0 Å². The third-order valence-electron chi connectivity index (χ3n) is 4.92. The predicted molar refractivity (Wildman–Crippen MR) is 89.2 cm³/mol. The molecule has 2 aliphatic heterocycles. The zero-order chi connectivity index (χ0) is 16.2. The molecule has 2 fully saturated rings. The fourth-order valence-electron chi connectivity index (χ4n) is 3.88. The summed E-state index contributed by atoms with van der Waals surface area (Å²) in [6.07, 6.45) is 5.80. The number of thioether (sulfide) groups is 1. The molecule has 2 saturated heterocycles. The molecule has 2 aromatic rings. The summed E-state index contributed by atoms with van der Waals surface area (Å²) in [6.45, 7) is 0. The molecule has 4 rings (SSSR count). The van der Waals surface area contributed by atoms with Gasteiger partial charge < -0.3 is 4.42 Å². The second-order valence-electron chi connectivity index (χ2n) is 6.22. The smallest absolute Gasteiger partial charge is 0.408 e. The molecule has 0 spiro atoms. The molecule has 2 unspecified atom stereocenters. The molecule has 8 heteroatoms. The van der Waals surface area contributed by atoms with Gasteiger partial charge in [0.15, 0.2) is 5.58 Å².